The zero-order valence-corrected chi connectivity index (χ0v) is 10.2. The molecule has 2 atom stereocenters. The standard InChI is InChI=1S/C12H22N2O2/c1-3-4-10-12(5-7-13-8-6-12)16-9(2)11(15)14-10/h9-10,13H,3-8H2,1-2H3,(H,14,15). The van der Waals surface area contributed by atoms with E-state index in [0.29, 0.717) is 0 Å². The maximum absolute atomic E-state index is 11.7. The second-order valence-electron chi connectivity index (χ2n) is 4.92. The largest absolute Gasteiger partial charge is 0.360 e. The molecule has 0 radical (unpaired) electrons. The third-order valence-electron chi connectivity index (χ3n) is 3.76. The monoisotopic (exact) mass is 226 g/mol. The SMILES string of the molecule is CCCC1NC(=O)C(C)OC12CCNCC2. The van der Waals surface area contributed by atoms with Crippen LogP contribution in [0.4, 0.5) is 0 Å². The predicted molar refractivity (Wildman–Crippen MR) is 62.2 cm³/mol. The van der Waals surface area contributed by atoms with Crippen molar-refractivity contribution in [1.29, 1.82) is 0 Å². The second-order valence-corrected chi connectivity index (χ2v) is 4.92. The van der Waals surface area contributed by atoms with Crippen LogP contribution < -0.4 is 10.6 Å². The van der Waals surface area contributed by atoms with E-state index in [1.54, 1.807) is 0 Å². The summed E-state index contributed by atoms with van der Waals surface area (Å²) in [4.78, 5) is 11.7. The topological polar surface area (TPSA) is 50.4 Å². The van der Waals surface area contributed by atoms with Crippen LogP contribution in [0.25, 0.3) is 0 Å². The lowest BCUT2D eigenvalue weighted by molar-refractivity contribution is -0.176. The van der Waals surface area contributed by atoms with Gasteiger partial charge in [0, 0.05) is 0 Å². The van der Waals surface area contributed by atoms with Crippen LogP contribution in [0.3, 0.4) is 0 Å². The van der Waals surface area contributed by atoms with Crippen LogP contribution in [0.2, 0.25) is 0 Å². The fourth-order valence-electron chi connectivity index (χ4n) is 2.85. The maximum Gasteiger partial charge on any atom is 0.249 e. The predicted octanol–water partition coefficient (Wildman–Crippen LogP) is 0.812. The average molecular weight is 226 g/mol. The second kappa shape index (κ2) is 4.72. The lowest BCUT2D eigenvalue weighted by atomic mass is 9.81. The van der Waals surface area contributed by atoms with E-state index >= 15 is 0 Å². The first-order valence-electron chi connectivity index (χ1n) is 6.37. The summed E-state index contributed by atoms with van der Waals surface area (Å²) in [5.74, 6) is 0.0441. The van der Waals surface area contributed by atoms with Crippen molar-refractivity contribution < 1.29 is 9.53 Å². The van der Waals surface area contributed by atoms with Crippen molar-refractivity contribution >= 4 is 5.91 Å². The van der Waals surface area contributed by atoms with Crippen molar-refractivity contribution in [3.05, 3.63) is 0 Å². The quantitative estimate of drug-likeness (QED) is 0.732. The van der Waals surface area contributed by atoms with E-state index < -0.39 is 0 Å². The van der Waals surface area contributed by atoms with Crippen LogP contribution in [0, 0.1) is 0 Å². The Morgan fingerprint density at radius 2 is 2.12 bits per heavy atom. The summed E-state index contributed by atoms with van der Waals surface area (Å²) in [6.07, 6.45) is 3.80. The van der Waals surface area contributed by atoms with Gasteiger partial charge in [-0.25, -0.2) is 0 Å². The molecule has 16 heavy (non-hydrogen) atoms. The Morgan fingerprint density at radius 3 is 2.75 bits per heavy atom. The number of ether oxygens (including phenoxy) is 1. The minimum atomic E-state index is -0.300. The van der Waals surface area contributed by atoms with Crippen LogP contribution in [-0.4, -0.2) is 36.7 Å². The summed E-state index contributed by atoms with van der Waals surface area (Å²) >= 11 is 0. The molecule has 0 bridgehead atoms. The number of carbonyl (C=O) groups excluding carboxylic acids is 1. The molecule has 92 valence electrons. The highest BCUT2D eigenvalue weighted by molar-refractivity contribution is 5.81. The van der Waals surface area contributed by atoms with E-state index in [0.717, 1.165) is 38.8 Å². The minimum absolute atomic E-state index is 0.0441. The Labute approximate surface area is 97.1 Å². The summed E-state index contributed by atoms with van der Waals surface area (Å²) in [6.45, 7) is 5.98. The zero-order chi connectivity index (χ0) is 11.6. The highest BCUT2D eigenvalue weighted by Gasteiger charge is 2.46. The van der Waals surface area contributed by atoms with Gasteiger partial charge in [0.2, 0.25) is 5.91 Å². The molecule has 0 aromatic carbocycles. The first kappa shape index (κ1) is 11.9. The van der Waals surface area contributed by atoms with E-state index in [4.69, 9.17) is 4.74 Å². The molecule has 2 aliphatic heterocycles. The van der Waals surface area contributed by atoms with Gasteiger partial charge in [0.15, 0.2) is 0 Å². The van der Waals surface area contributed by atoms with Gasteiger partial charge in [0.25, 0.3) is 0 Å². The molecule has 2 N–H and O–H groups in total. The molecule has 2 unspecified atom stereocenters. The Balaban J connectivity index is 2.14. The van der Waals surface area contributed by atoms with Crippen molar-refractivity contribution in [3.63, 3.8) is 0 Å². The molecule has 4 heteroatoms. The van der Waals surface area contributed by atoms with Gasteiger partial charge in [-0.15, -0.1) is 0 Å². The number of morpholine rings is 1. The molecule has 1 amide bonds. The molecule has 4 nitrogen and oxygen atoms in total. The molecule has 0 aromatic rings. The van der Waals surface area contributed by atoms with Gasteiger partial charge in [-0.2, -0.15) is 0 Å². The molecule has 2 fully saturated rings. The Kier molecular flexibility index (Phi) is 3.50. The molecule has 0 saturated carbocycles. The van der Waals surface area contributed by atoms with E-state index in [2.05, 4.69) is 17.6 Å². The van der Waals surface area contributed by atoms with E-state index in [1.165, 1.54) is 0 Å². The Hall–Kier alpha value is -0.610. The van der Waals surface area contributed by atoms with Crippen LogP contribution in [-0.2, 0) is 9.53 Å². The van der Waals surface area contributed by atoms with Gasteiger partial charge < -0.3 is 15.4 Å². The molecular formula is C12H22N2O2. The summed E-state index contributed by atoms with van der Waals surface area (Å²) in [7, 11) is 0. The molecular weight excluding hydrogens is 204 g/mol. The number of rotatable bonds is 2. The van der Waals surface area contributed by atoms with Crippen molar-refractivity contribution in [2.75, 3.05) is 13.1 Å². The lowest BCUT2D eigenvalue weighted by Crippen LogP contribution is -2.65. The van der Waals surface area contributed by atoms with Crippen molar-refractivity contribution in [1.82, 2.24) is 10.6 Å². The van der Waals surface area contributed by atoms with Gasteiger partial charge >= 0.3 is 0 Å². The summed E-state index contributed by atoms with van der Waals surface area (Å²) < 4.78 is 6.04. The van der Waals surface area contributed by atoms with E-state index in [-0.39, 0.29) is 23.7 Å². The molecule has 2 heterocycles. The number of hydrogen-bond donors (Lipinski definition) is 2. The highest BCUT2D eigenvalue weighted by atomic mass is 16.5. The smallest absolute Gasteiger partial charge is 0.249 e. The molecule has 2 aliphatic rings. The van der Waals surface area contributed by atoms with Gasteiger partial charge in [0.05, 0.1) is 11.6 Å². The van der Waals surface area contributed by atoms with Gasteiger partial charge in [-0.3, -0.25) is 4.79 Å². The summed E-state index contributed by atoms with van der Waals surface area (Å²) in [6, 6.07) is 0.197. The van der Waals surface area contributed by atoms with Crippen molar-refractivity contribution in [2.24, 2.45) is 0 Å². The normalized spacial score (nSPS) is 33.8. The number of amides is 1. The zero-order valence-electron chi connectivity index (χ0n) is 10.2. The number of hydrogen-bond acceptors (Lipinski definition) is 3. The molecule has 0 aliphatic carbocycles. The van der Waals surface area contributed by atoms with Crippen molar-refractivity contribution in [3.8, 4) is 0 Å². The molecule has 2 rings (SSSR count). The Bertz CT molecular complexity index is 262. The summed E-state index contributed by atoms with van der Waals surface area (Å²) in [5.41, 5.74) is -0.116. The van der Waals surface area contributed by atoms with Gasteiger partial charge in [-0.1, -0.05) is 13.3 Å². The Morgan fingerprint density at radius 1 is 1.44 bits per heavy atom. The van der Waals surface area contributed by atoms with Crippen molar-refractivity contribution in [2.45, 2.75) is 57.3 Å². The first-order chi connectivity index (χ1) is 7.68. The molecule has 2 saturated heterocycles. The summed E-state index contributed by atoms with van der Waals surface area (Å²) in [5, 5.41) is 6.49. The van der Waals surface area contributed by atoms with Crippen LogP contribution >= 0.6 is 0 Å². The molecule has 0 aromatic heterocycles. The fraction of sp³-hybridized carbons (Fsp3) is 0.917. The maximum atomic E-state index is 11.7. The van der Waals surface area contributed by atoms with E-state index in [9.17, 15) is 4.79 Å². The fourth-order valence-corrected chi connectivity index (χ4v) is 2.85. The third-order valence-corrected chi connectivity index (χ3v) is 3.76. The first-order valence-corrected chi connectivity index (χ1v) is 6.37. The van der Waals surface area contributed by atoms with Gasteiger partial charge in [0.1, 0.15) is 6.10 Å². The third kappa shape index (κ3) is 2.09. The molecule has 1 spiro atoms. The van der Waals surface area contributed by atoms with Crippen LogP contribution in [0.1, 0.15) is 39.5 Å². The minimum Gasteiger partial charge on any atom is -0.360 e. The van der Waals surface area contributed by atoms with Crippen LogP contribution in [0.15, 0.2) is 0 Å². The number of carbonyl (C=O) groups is 1. The highest BCUT2D eigenvalue weighted by Crippen LogP contribution is 2.33. The number of nitrogens with one attached hydrogen (secondary N) is 2. The van der Waals surface area contributed by atoms with Crippen LogP contribution in [0.5, 0.6) is 0 Å². The van der Waals surface area contributed by atoms with E-state index in [1.807, 2.05) is 6.92 Å². The lowest BCUT2D eigenvalue weighted by Gasteiger charge is -2.48. The number of piperidine rings is 1. The van der Waals surface area contributed by atoms with Gasteiger partial charge in [-0.05, 0) is 39.3 Å². The average Bonchev–Trinajstić information content (AvgIpc) is 2.28.